The molecule has 6 nitrogen and oxygen atoms in total. The van der Waals surface area contributed by atoms with Gasteiger partial charge in [0.2, 0.25) is 5.91 Å². The molecule has 1 aliphatic rings. The zero-order chi connectivity index (χ0) is 18.2. The number of ether oxygens (including phenoxy) is 1. The molecular weight excluding hydrogens is 350 g/mol. The van der Waals surface area contributed by atoms with E-state index in [0.717, 1.165) is 18.5 Å². The number of benzene rings is 1. The van der Waals surface area contributed by atoms with Gasteiger partial charge < -0.3 is 15.4 Å². The summed E-state index contributed by atoms with van der Waals surface area (Å²) in [6.45, 7) is 0.620. The fourth-order valence-corrected chi connectivity index (χ4v) is 3.54. The van der Waals surface area contributed by atoms with Gasteiger partial charge >= 0.3 is 0 Å². The third-order valence-corrected chi connectivity index (χ3v) is 4.98. The first kappa shape index (κ1) is 18.4. The molecular formula is C19H23N3O3S. The van der Waals surface area contributed by atoms with E-state index in [-0.39, 0.29) is 18.2 Å². The van der Waals surface area contributed by atoms with Crippen LogP contribution in [0.2, 0.25) is 0 Å². The van der Waals surface area contributed by atoms with Gasteiger partial charge in [0.25, 0.3) is 5.91 Å². The summed E-state index contributed by atoms with van der Waals surface area (Å²) in [5, 5.41) is 7.72. The van der Waals surface area contributed by atoms with E-state index in [2.05, 4.69) is 15.6 Å². The highest BCUT2D eigenvalue weighted by atomic mass is 32.1. The van der Waals surface area contributed by atoms with E-state index in [4.69, 9.17) is 4.74 Å². The molecule has 1 aliphatic carbocycles. The zero-order valence-corrected chi connectivity index (χ0v) is 15.4. The van der Waals surface area contributed by atoms with Crippen LogP contribution in [0.4, 0.5) is 0 Å². The Hall–Kier alpha value is -2.41. The van der Waals surface area contributed by atoms with Gasteiger partial charge in [-0.1, -0.05) is 25.0 Å². The average molecular weight is 373 g/mol. The SMILES string of the molecule is O=C(CCNC(=O)c1ccccc1OCc1cscn1)NC1CCCC1. The second-order valence-corrected chi connectivity index (χ2v) is 7.04. The van der Waals surface area contributed by atoms with E-state index >= 15 is 0 Å². The highest BCUT2D eigenvalue weighted by Gasteiger charge is 2.17. The van der Waals surface area contributed by atoms with E-state index in [1.165, 1.54) is 24.2 Å². The molecule has 1 aromatic heterocycles. The van der Waals surface area contributed by atoms with Crippen molar-refractivity contribution in [3.8, 4) is 5.75 Å². The number of nitrogens with one attached hydrogen (secondary N) is 2. The summed E-state index contributed by atoms with van der Waals surface area (Å²) in [6, 6.07) is 7.39. The Bertz CT molecular complexity index is 727. The fourth-order valence-electron chi connectivity index (χ4n) is 3.00. The van der Waals surface area contributed by atoms with Crippen molar-refractivity contribution < 1.29 is 14.3 Å². The Labute approximate surface area is 157 Å². The topological polar surface area (TPSA) is 80.3 Å². The Morgan fingerprint density at radius 2 is 2.04 bits per heavy atom. The summed E-state index contributed by atoms with van der Waals surface area (Å²) in [5.41, 5.74) is 3.03. The molecule has 1 saturated carbocycles. The lowest BCUT2D eigenvalue weighted by Crippen LogP contribution is -2.35. The number of para-hydroxylation sites is 1. The molecule has 3 rings (SSSR count). The molecule has 2 aromatic rings. The van der Waals surface area contributed by atoms with Gasteiger partial charge in [-0.2, -0.15) is 0 Å². The molecule has 0 unspecified atom stereocenters. The Kier molecular flexibility index (Phi) is 6.60. The minimum absolute atomic E-state index is 0.00901. The smallest absolute Gasteiger partial charge is 0.255 e. The van der Waals surface area contributed by atoms with Gasteiger partial charge in [-0.15, -0.1) is 11.3 Å². The lowest BCUT2D eigenvalue weighted by Gasteiger charge is -2.13. The van der Waals surface area contributed by atoms with Gasteiger partial charge in [0.1, 0.15) is 12.4 Å². The maximum absolute atomic E-state index is 12.4. The summed E-state index contributed by atoms with van der Waals surface area (Å²) in [4.78, 5) is 28.5. The van der Waals surface area contributed by atoms with Gasteiger partial charge in [-0.25, -0.2) is 4.98 Å². The van der Waals surface area contributed by atoms with Crippen LogP contribution in [0.5, 0.6) is 5.75 Å². The Morgan fingerprint density at radius 1 is 1.23 bits per heavy atom. The summed E-state index contributed by atoms with van der Waals surface area (Å²) in [5.74, 6) is 0.256. The average Bonchev–Trinajstić information content (AvgIpc) is 3.34. The van der Waals surface area contributed by atoms with Crippen LogP contribution >= 0.6 is 11.3 Å². The Morgan fingerprint density at radius 3 is 2.81 bits per heavy atom. The zero-order valence-electron chi connectivity index (χ0n) is 14.6. The highest BCUT2D eigenvalue weighted by molar-refractivity contribution is 7.07. The van der Waals surface area contributed by atoms with Crippen molar-refractivity contribution in [1.82, 2.24) is 15.6 Å². The molecule has 1 fully saturated rings. The number of nitrogens with zero attached hydrogens (tertiary/aromatic N) is 1. The van der Waals surface area contributed by atoms with Gasteiger partial charge in [0.05, 0.1) is 16.8 Å². The van der Waals surface area contributed by atoms with Crippen molar-refractivity contribution in [3.63, 3.8) is 0 Å². The normalized spacial score (nSPS) is 14.2. The number of thiazole rings is 1. The minimum atomic E-state index is -0.243. The third kappa shape index (κ3) is 5.29. The second-order valence-electron chi connectivity index (χ2n) is 6.32. The first-order valence-electron chi connectivity index (χ1n) is 8.89. The van der Waals surface area contributed by atoms with Gasteiger partial charge in [0.15, 0.2) is 0 Å². The third-order valence-electron chi connectivity index (χ3n) is 4.35. The standard InChI is InChI=1S/C19H23N3O3S/c23-18(22-14-5-1-2-6-14)9-10-20-19(24)16-7-3-4-8-17(16)25-11-15-12-26-13-21-15/h3-4,7-8,12-14H,1-2,5-6,9-11H2,(H,20,24)(H,22,23). The maximum Gasteiger partial charge on any atom is 0.255 e. The lowest BCUT2D eigenvalue weighted by atomic mass is 10.2. The quantitative estimate of drug-likeness (QED) is 0.746. The molecule has 26 heavy (non-hydrogen) atoms. The number of carbonyl (C=O) groups is 2. The van der Waals surface area contributed by atoms with Crippen LogP contribution in [0.1, 0.15) is 48.2 Å². The van der Waals surface area contributed by atoms with Gasteiger partial charge in [-0.05, 0) is 25.0 Å². The summed E-state index contributed by atoms with van der Waals surface area (Å²) >= 11 is 1.50. The van der Waals surface area contributed by atoms with Crippen LogP contribution in [-0.4, -0.2) is 29.4 Å². The van der Waals surface area contributed by atoms with Crippen LogP contribution in [0.25, 0.3) is 0 Å². The number of aromatic nitrogens is 1. The van der Waals surface area contributed by atoms with Gasteiger partial charge in [0, 0.05) is 24.4 Å². The highest BCUT2D eigenvalue weighted by Crippen LogP contribution is 2.19. The number of hydrogen-bond donors (Lipinski definition) is 2. The lowest BCUT2D eigenvalue weighted by molar-refractivity contribution is -0.121. The molecule has 1 heterocycles. The van der Waals surface area contributed by atoms with E-state index in [9.17, 15) is 9.59 Å². The minimum Gasteiger partial charge on any atom is -0.486 e. The Balaban J connectivity index is 1.47. The maximum atomic E-state index is 12.4. The van der Waals surface area contributed by atoms with Crippen molar-refractivity contribution in [2.24, 2.45) is 0 Å². The monoisotopic (exact) mass is 373 g/mol. The second kappa shape index (κ2) is 9.33. The fraction of sp³-hybridized carbons (Fsp3) is 0.421. The molecule has 0 saturated heterocycles. The van der Waals surface area contributed by atoms with E-state index < -0.39 is 0 Å². The summed E-state index contributed by atoms with van der Waals surface area (Å²) < 4.78 is 5.72. The molecule has 7 heteroatoms. The summed E-state index contributed by atoms with van der Waals surface area (Å²) in [7, 11) is 0. The van der Waals surface area contributed by atoms with E-state index in [0.29, 0.717) is 30.5 Å². The molecule has 2 amide bonds. The molecule has 0 atom stereocenters. The largest absolute Gasteiger partial charge is 0.486 e. The van der Waals surface area contributed by atoms with Gasteiger partial charge in [-0.3, -0.25) is 9.59 Å². The molecule has 0 aliphatic heterocycles. The molecule has 0 spiro atoms. The molecule has 1 aromatic carbocycles. The van der Waals surface area contributed by atoms with Crippen molar-refractivity contribution >= 4 is 23.2 Å². The van der Waals surface area contributed by atoms with Crippen LogP contribution in [0.3, 0.4) is 0 Å². The van der Waals surface area contributed by atoms with Crippen molar-refractivity contribution in [2.45, 2.75) is 44.8 Å². The predicted molar refractivity (Wildman–Crippen MR) is 100 cm³/mol. The van der Waals surface area contributed by atoms with Crippen molar-refractivity contribution in [2.75, 3.05) is 6.54 Å². The van der Waals surface area contributed by atoms with Crippen LogP contribution < -0.4 is 15.4 Å². The van der Waals surface area contributed by atoms with Crippen LogP contribution in [-0.2, 0) is 11.4 Å². The van der Waals surface area contributed by atoms with Crippen LogP contribution in [0.15, 0.2) is 35.2 Å². The number of rotatable bonds is 8. The molecule has 0 bridgehead atoms. The predicted octanol–water partition coefficient (Wildman–Crippen LogP) is 2.90. The summed E-state index contributed by atoms with van der Waals surface area (Å²) in [6.07, 6.45) is 4.76. The molecule has 2 N–H and O–H groups in total. The number of carbonyl (C=O) groups excluding carboxylic acids is 2. The van der Waals surface area contributed by atoms with Crippen molar-refractivity contribution in [1.29, 1.82) is 0 Å². The van der Waals surface area contributed by atoms with Crippen LogP contribution in [0, 0.1) is 0 Å². The number of amides is 2. The first-order valence-corrected chi connectivity index (χ1v) is 9.83. The van der Waals surface area contributed by atoms with E-state index in [1.807, 2.05) is 11.4 Å². The first-order chi connectivity index (χ1) is 12.7. The van der Waals surface area contributed by atoms with Crippen molar-refractivity contribution in [3.05, 3.63) is 46.4 Å². The molecule has 0 radical (unpaired) electrons. The number of hydrogen-bond acceptors (Lipinski definition) is 5. The van der Waals surface area contributed by atoms with E-state index in [1.54, 1.807) is 23.7 Å². The molecule has 138 valence electrons.